The second-order valence-corrected chi connectivity index (χ2v) is 4.97. The van der Waals surface area contributed by atoms with Gasteiger partial charge >= 0.3 is 6.03 Å². The minimum atomic E-state index is -0.0237. The highest BCUT2D eigenvalue weighted by molar-refractivity contribution is 5.73. The van der Waals surface area contributed by atoms with Crippen LogP contribution in [0.2, 0.25) is 0 Å². The van der Waals surface area contributed by atoms with Crippen molar-refractivity contribution in [3.8, 4) is 0 Å². The average molecular weight is 254 g/mol. The molecule has 1 saturated heterocycles. The lowest BCUT2D eigenvalue weighted by atomic mass is 10.2. The fourth-order valence-electron chi connectivity index (χ4n) is 2.16. The lowest BCUT2D eigenvalue weighted by Gasteiger charge is -2.13. The molecule has 0 aliphatic carbocycles. The van der Waals surface area contributed by atoms with Crippen LogP contribution in [-0.2, 0) is 0 Å². The summed E-state index contributed by atoms with van der Waals surface area (Å²) in [6.45, 7) is 7.28. The van der Waals surface area contributed by atoms with Gasteiger partial charge in [0.05, 0.1) is 0 Å². The predicted octanol–water partition coefficient (Wildman–Crippen LogP) is 2.17. The largest absolute Gasteiger partial charge is 0.338 e. The molecule has 4 heteroatoms. The van der Waals surface area contributed by atoms with Crippen molar-refractivity contribution in [2.75, 3.05) is 32.7 Å². The first kappa shape index (κ1) is 15.3. The fourth-order valence-corrected chi connectivity index (χ4v) is 2.16. The van der Waals surface area contributed by atoms with Gasteiger partial charge in [-0.05, 0) is 45.2 Å². The normalized spacial score (nSPS) is 15.8. The van der Waals surface area contributed by atoms with Gasteiger partial charge in [0, 0.05) is 19.6 Å². The highest BCUT2D eigenvalue weighted by Crippen LogP contribution is 2.08. The molecular formula is C14H28N3O. The molecule has 1 rings (SSSR count). The van der Waals surface area contributed by atoms with E-state index >= 15 is 0 Å². The lowest BCUT2D eigenvalue weighted by Crippen LogP contribution is -2.36. The van der Waals surface area contributed by atoms with E-state index in [0.29, 0.717) is 0 Å². The molecule has 1 heterocycles. The van der Waals surface area contributed by atoms with E-state index < -0.39 is 0 Å². The quantitative estimate of drug-likeness (QED) is 0.619. The van der Waals surface area contributed by atoms with E-state index in [9.17, 15) is 4.79 Å². The molecule has 0 unspecified atom stereocenters. The van der Waals surface area contributed by atoms with E-state index in [1.807, 2.05) is 0 Å². The van der Waals surface area contributed by atoms with Gasteiger partial charge in [0.2, 0.25) is 0 Å². The van der Waals surface area contributed by atoms with Gasteiger partial charge in [-0.15, -0.1) is 0 Å². The molecule has 0 aromatic heterocycles. The van der Waals surface area contributed by atoms with Crippen molar-refractivity contribution in [3.63, 3.8) is 0 Å². The van der Waals surface area contributed by atoms with Crippen LogP contribution in [0.1, 0.15) is 45.4 Å². The minimum Gasteiger partial charge on any atom is -0.338 e. The summed E-state index contributed by atoms with van der Waals surface area (Å²) in [4.78, 5) is 13.7. The Balaban J connectivity index is 1.79. The molecule has 18 heavy (non-hydrogen) atoms. The van der Waals surface area contributed by atoms with E-state index in [1.165, 1.54) is 45.3 Å². The summed E-state index contributed by atoms with van der Waals surface area (Å²) in [5, 5.41) is 5.70. The van der Waals surface area contributed by atoms with Crippen LogP contribution < -0.4 is 10.6 Å². The Morgan fingerprint density at radius 2 is 1.94 bits per heavy atom. The third-order valence-corrected chi connectivity index (χ3v) is 3.26. The average Bonchev–Trinajstić information content (AvgIpc) is 2.88. The van der Waals surface area contributed by atoms with Crippen molar-refractivity contribution >= 4 is 6.03 Å². The maximum atomic E-state index is 11.2. The zero-order valence-corrected chi connectivity index (χ0v) is 11.7. The van der Waals surface area contributed by atoms with Crippen LogP contribution in [-0.4, -0.2) is 43.7 Å². The molecule has 1 radical (unpaired) electrons. The smallest absolute Gasteiger partial charge is 0.314 e. The number of hydrogen-bond donors (Lipinski definition) is 2. The maximum Gasteiger partial charge on any atom is 0.314 e. The second kappa shape index (κ2) is 10.2. The number of unbranched alkanes of at least 4 members (excludes halogenated alkanes) is 3. The Hall–Kier alpha value is -0.770. The third kappa shape index (κ3) is 7.54. The first-order valence-corrected chi connectivity index (χ1v) is 7.38. The molecule has 1 aliphatic heterocycles. The van der Waals surface area contributed by atoms with E-state index in [-0.39, 0.29) is 6.03 Å². The Labute approximate surface area is 111 Å². The zero-order valence-electron chi connectivity index (χ0n) is 11.7. The summed E-state index contributed by atoms with van der Waals surface area (Å²) >= 11 is 0. The van der Waals surface area contributed by atoms with Gasteiger partial charge in [0.25, 0.3) is 0 Å². The van der Waals surface area contributed by atoms with Gasteiger partial charge < -0.3 is 15.5 Å². The highest BCUT2D eigenvalue weighted by atomic mass is 16.2. The summed E-state index contributed by atoms with van der Waals surface area (Å²) in [6, 6.07) is -0.0237. The van der Waals surface area contributed by atoms with Crippen LogP contribution in [0.5, 0.6) is 0 Å². The van der Waals surface area contributed by atoms with Gasteiger partial charge in [0.1, 0.15) is 0 Å². The van der Waals surface area contributed by atoms with Gasteiger partial charge in [0.15, 0.2) is 0 Å². The van der Waals surface area contributed by atoms with Gasteiger partial charge in [-0.3, -0.25) is 0 Å². The number of hydrogen-bond acceptors (Lipinski definition) is 2. The number of carbonyl (C=O) groups is 1. The molecule has 2 N–H and O–H groups in total. The molecule has 4 nitrogen and oxygen atoms in total. The molecule has 1 aliphatic rings. The summed E-state index contributed by atoms with van der Waals surface area (Å²) in [7, 11) is 0. The van der Waals surface area contributed by atoms with Crippen molar-refractivity contribution in [2.24, 2.45) is 0 Å². The molecule has 0 aromatic rings. The number of urea groups is 1. The maximum absolute atomic E-state index is 11.2. The van der Waals surface area contributed by atoms with E-state index in [4.69, 9.17) is 0 Å². The number of carbonyl (C=O) groups excluding carboxylic acids is 1. The lowest BCUT2D eigenvalue weighted by molar-refractivity contribution is 0.240. The van der Waals surface area contributed by atoms with Gasteiger partial charge in [-0.2, -0.15) is 0 Å². The first-order chi connectivity index (χ1) is 8.83. The zero-order chi connectivity index (χ0) is 13.1. The van der Waals surface area contributed by atoms with Gasteiger partial charge in [-0.1, -0.05) is 19.8 Å². The number of amides is 2. The first-order valence-electron chi connectivity index (χ1n) is 7.38. The summed E-state index contributed by atoms with van der Waals surface area (Å²) in [5.41, 5.74) is 0. The molecule has 1 fully saturated rings. The van der Waals surface area contributed by atoms with E-state index in [0.717, 1.165) is 25.9 Å². The molecule has 0 saturated carbocycles. The van der Waals surface area contributed by atoms with Crippen molar-refractivity contribution in [2.45, 2.75) is 45.4 Å². The monoisotopic (exact) mass is 254 g/mol. The van der Waals surface area contributed by atoms with Crippen LogP contribution >= 0.6 is 0 Å². The molecule has 0 spiro atoms. The molecule has 2 amide bonds. The third-order valence-electron chi connectivity index (χ3n) is 3.26. The summed E-state index contributed by atoms with van der Waals surface area (Å²) < 4.78 is 0. The van der Waals surface area contributed by atoms with Crippen molar-refractivity contribution < 1.29 is 4.79 Å². The number of likely N-dealkylation sites (tertiary alicyclic amines) is 1. The van der Waals surface area contributed by atoms with Crippen molar-refractivity contribution in [3.05, 3.63) is 6.42 Å². The Kier molecular flexibility index (Phi) is 8.65. The number of nitrogens with zero attached hydrogens (tertiary/aromatic N) is 1. The molecular weight excluding hydrogens is 226 g/mol. The number of nitrogens with one attached hydrogen (secondary N) is 2. The van der Waals surface area contributed by atoms with Crippen LogP contribution in [0, 0.1) is 6.42 Å². The molecule has 0 bridgehead atoms. The fraction of sp³-hybridized carbons (Fsp3) is 0.857. The topological polar surface area (TPSA) is 44.4 Å². The van der Waals surface area contributed by atoms with Crippen molar-refractivity contribution in [1.82, 2.24) is 15.5 Å². The molecule has 0 atom stereocenters. The van der Waals surface area contributed by atoms with Crippen LogP contribution in [0.15, 0.2) is 0 Å². The Bertz CT molecular complexity index is 215. The Morgan fingerprint density at radius 1 is 1.17 bits per heavy atom. The SMILES string of the molecule is CCCNC(=O)NCCCCCCN1C[CH]CC1. The van der Waals surface area contributed by atoms with Gasteiger partial charge in [-0.25, -0.2) is 4.79 Å². The van der Waals surface area contributed by atoms with Crippen LogP contribution in [0.25, 0.3) is 0 Å². The summed E-state index contributed by atoms with van der Waals surface area (Å²) in [6.07, 6.45) is 9.47. The minimum absolute atomic E-state index is 0.0237. The van der Waals surface area contributed by atoms with Crippen LogP contribution in [0.4, 0.5) is 4.79 Å². The van der Waals surface area contributed by atoms with Crippen molar-refractivity contribution in [1.29, 1.82) is 0 Å². The van der Waals surface area contributed by atoms with E-state index in [1.54, 1.807) is 0 Å². The van der Waals surface area contributed by atoms with Crippen LogP contribution in [0.3, 0.4) is 0 Å². The second-order valence-electron chi connectivity index (χ2n) is 4.97. The predicted molar refractivity (Wildman–Crippen MR) is 75.5 cm³/mol. The van der Waals surface area contributed by atoms with E-state index in [2.05, 4.69) is 28.9 Å². The molecule has 105 valence electrons. The standard InChI is InChI=1S/C14H28N3O/c1-2-9-15-14(18)16-10-5-3-4-6-11-17-12-7-8-13-17/h7H,2-6,8-13H2,1H3,(H2,15,16,18). The summed E-state index contributed by atoms with van der Waals surface area (Å²) in [5.74, 6) is 0. The number of rotatable bonds is 9. The Morgan fingerprint density at radius 3 is 2.67 bits per heavy atom. The highest BCUT2D eigenvalue weighted by Gasteiger charge is 2.10. The molecule has 0 aromatic carbocycles.